The van der Waals surface area contributed by atoms with Gasteiger partial charge in [0.25, 0.3) is 0 Å². The van der Waals surface area contributed by atoms with E-state index in [0.717, 1.165) is 14.8 Å². The van der Waals surface area contributed by atoms with Crippen LogP contribution in [0.25, 0.3) is 0 Å². The largest absolute Gasteiger partial charge is 0.493 e. The topological polar surface area (TPSA) is 123 Å². The lowest BCUT2D eigenvalue weighted by molar-refractivity contribution is -0.150. The van der Waals surface area contributed by atoms with E-state index in [-0.39, 0.29) is 25.3 Å². The first-order valence-electron chi connectivity index (χ1n) is 12.5. The number of nitrogens with zero attached hydrogens (tertiary/aromatic N) is 4. The average molecular weight is 542 g/mol. The zero-order chi connectivity index (χ0) is 27.4. The number of halogens is 1. The molecule has 0 radical (unpaired) electrons. The summed E-state index contributed by atoms with van der Waals surface area (Å²) in [5.41, 5.74) is -1.11. The number of aromatic nitrogens is 3. The Kier molecular flexibility index (Phi) is 8.11. The number of nitrogen functional groups attached to an aromatic ring is 1. The Labute approximate surface area is 224 Å². The fraction of sp³-hybridized carbons (Fsp3) is 0.407. The third kappa shape index (κ3) is 6.02. The normalized spacial score (nSPS) is 14.5. The van der Waals surface area contributed by atoms with Crippen LogP contribution in [0.2, 0.25) is 5.02 Å². The van der Waals surface area contributed by atoms with Gasteiger partial charge in [0, 0.05) is 11.6 Å². The zero-order valence-electron chi connectivity index (χ0n) is 21.7. The van der Waals surface area contributed by atoms with Crippen molar-refractivity contribution in [3.8, 4) is 5.75 Å². The van der Waals surface area contributed by atoms with Gasteiger partial charge in [-0.3, -0.25) is 9.36 Å². The Morgan fingerprint density at radius 2 is 1.71 bits per heavy atom. The summed E-state index contributed by atoms with van der Waals surface area (Å²) in [6.45, 7) is 6.58. The minimum atomic E-state index is -0.908. The van der Waals surface area contributed by atoms with E-state index in [4.69, 9.17) is 26.9 Å². The fourth-order valence-corrected chi connectivity index (χ4v) is 4.10. The first-order chi connectivity index (χ1) is 18.1. The molecule has 0 atom stereocenters. The maximum absolute atomic E-state index is 13.7. The van der Waals surface area contributed by atoms with Gasteiger partial charge < -0.3 is 15.3 Å². The molecule has 0 aliphatic heterocycles. The standard InChI is InChI=1S/C27H32ClN5O5/c1-4-37-23(34)27(13-14-27)17-32-25(35)31(15-19-5-7-20(28)8-6-19)24(33(29)26(32)36)30-21-9-11-22(12-10-21)38-16-18(2)3/h5-12,18H,4,13-17,29H2,1-3H3/b30-24-. The molecule has 1 saturated carbocycles. The number of carbonyl (C=O) groups excluding carboxylic acids is 1. The van der Waals surface area contributed by atoms with Gasteiger partial charge in [-0.15, -0.1) is 0 Å². The van der Waals surface area contributed by atoms with Gasteiger partial charge in [-0.2, -0.15) is 4.68 Å². The Balaban J connectivity index is 1.81. The number of ether oxygens (including phenoxy) is 2. The number of rotatable bonds is 10. The van der Waals surface area contributed by atoms with Gasteiger partial charge in [-0.1, -0.05) is 37.6 Å². The summed E-state index contributed by atoms with van der Waals surface area (Å²) in [6, 6.07) is 13.9. The summed E-state index contributed by atoms with van der Waals surface area (Å²) in [5, 5.41) is 0.551. The monoisotopic (exact) mass is 541 g/mol. The summed E-state index contributed by atoms with van der Waals surface area (Å²) < 4.78 is 14.0. The first-order valence-corrected chi connectivity index (χ1v) is 12.9. The van der Waals surface area contributed by atoms with Gasteiger partial charge in [0.15, 0.2) is 0 Å². The van der Waals surface area contributed by atoms with Crippen LogP contribution in [-0.4, -0.2) is 33.0 Å². The molecule has 11 heteroatoms. The Bertz CT molecular complexity index is 1480. The van der Waals surface area contributed by atoms with Crippen LogP contribution >= 0.6 is 11.6 Å². The zero-order valence-corrected chi connectivity index (χ0v) is 22.5. The molecule has 1 heterocycles. The van der Waals surface area contributed by atoms with Gasteiger partial charge in [0.1, 0.15) is 5.75 Å². The minimum Gasteiger partial charge on any atom is -0.493 e. The van der Waals surface area contributed by atoms with Crippen LogP contribution in [0.15, 0.2) is 63.1 Å². The highest BCUT2D eigenvalue weighted by Crippen LogP contribution is 2.47. The molecule has 0 spiro atoms. The molecule has 10 nitrogen and oxygen atoms in total. The molecule has 2 aromatic carbocycles. The maximum Gasteiger partial charge on any atom is 0.353 e. The smallest absolute Gasteiger partial charge is 0.353 e. The number of benzene rings is 2. The molecule has 1 aromatic heterocycles. The highest BCUT2D eigenvalue weighted by Gasteiger charge is 2.52. The summed E-state index contributed by atoms with van der Waals surface area (Å²) in [6.07, 6.45) is 1.05. The molecular formula is C27H32ClN5O5. The molecule has 1 aliphatic rings. The molecule has 2 N–H and O–H groups in total. The van der Waals surface area contributed by atoms with Gasteiger partial charge in [-0.05, 0) is 67.6 Å². The first kappa shape index (κ1) is 27.3. The van der Waals surface area contributed by atoms with Crippen molar-refractivity contribution in [3.05, 3.63) is 85.7 Å². The van der Waals surface area contributed by atoms with E-state index in [1.165, 1.54) is 4.57 Å². The molecule has 0 saturated heterocycles. The lowest BCUT2D eigenvalue weighted by Gasteiger charge is -2.18. The molecule has 202 valence electrons. The second-order valence-electron chi connectivity index (χ2n) is 9.85. The van der Waals surface area contributed by atoms with E-state index in [9.17, 15) is 14.4 Å². The van der Waals surface area contributed by atoms with E-state index in [1.54, 1.807) is 55.5 Å². The summed E-state index contributed by atoms with van der Waals surface area (Å²) >= 11 is 6.03. The molecule has 3 aromatic rings. The van der Waals surface area contributed by atoms with Crippen molar-refractivity contribution in [3.63, 3.8) is 0 Å². The predicted octanol–water partition coefficient (Wildman–Crippen LogP) is 2.84. The number of esters is 1. The summed E-state index contributed by atoms with van der Waals surface area (Å²) in [7, 11) is 0. The Morgan fingerprint density at radius 3 is 2.29 bits per heavy atom. The van der Waals surface area contributed by atoms with Crippen molar-refractivity contribution in [2.45, 2.75) is 46.7 Å². The van der Waals surface area contributed by atoms with Crippen LogP contribution < -0.4 is 27.6 Å². The number of nitrogens with two attached hydrogens (primary N) is 1. The van der Waals surface area contributed by atoms with Crippen LogP contribution in [0.1, 0.15) is 39.2 Å². The van der Waals surface area contributed by atoms with E-state index in [2.05, 4.69) is 18.8 Å². The number of carbonyl (C=O) groups is 1. The Hall–Kier alpha value is -3.79. The van der Waals surface area contributed by atoms with Crippen LogP contribution in [-0.2, 0) is 22.6 Å². The second-order valence-corrected chi connectivity index (χ2v) is 10.3. The lowest BCUT2D eigenvalue weighted by Crippen LogP contribution is -2.58. The van der Waals surface area contributed by atoms with Gasteiger partial charge >= 0.3 is 17.3 Å². The highest BCUT2D eigenvalue weighted by atomic mass is 35.5. The van der Waals surface area contributed by atoms with Crippen molar-refractivity contribution in [2.75, 3.05) is 19.1 Å². The third-order valence-electron chi connectivity index (χ3n) is 6.28. The van der Waals surface area contributed by atoms with Crippen LogP contribution in [0.3, 0.4) is 0 Å². The van der Waals surface area contributed by atoms with Crippen LogP contribution in [0, 0.1) is 11.3 Å². The Morgan fingerprint density at radius 1 is 1.05 bits per heavy atom. The van der Waals surface area contributed by atoms with Crippen molar-refractivity contribution in [1.82, 2.24) is 13.8 Å². The third-order valence-corrected chi connectivity index (χ3v) is 6.53. The minimum absolute atomic E-state index is 0.0389. The van der Waals surface area contributed by atoms with Crippen molar-refractivity contribution in [1.29, 1.82) is 0 Å². The fourth-order valence-electron chi connectivity index (χ4n) is 3.98. The molecule has 1 fully saturated rings. The molecule has 4 rings (SSSR count). The van der Waals surface area contributed by atoms with Gasteiger partial charge in [0.2, 0.25) is 5.62 Å². The molecular weight excluding hydrogens is 510 g/mol. The maximum atomic E-state index is 13.7. The average Bonchev–Trinajstić information content (AvgIpc) is 3.69. The van der Waals surface area contributed by atoms with E-state index in [0.29, 0.717) is 41.8 Å². The highest BCUT2D eigenvalue weighted by molar-refractivity contribution is 6.30. The quantitative estimate of drug-likeness (QED) is 0.311. The number of hydrogen-bond donors (Lipinski definition) is 1. The van der Waals surface area contributed by atoms with Gasteiger partial charge in [-0.25, -0.2) is 19.1 Å². The van der Waals surface area contributed by atoms with Gasteiger partial charge in [0.05, 0.1) is 30.9 Å². The molecule has 0 bridgehead atoms. The second kappa shape index (κ2) is 11.3. The van der Waals surface area contributed by atoms with Crippen LogP contribution in [0.5, 0.6) is 5.75 Å². The van der Waals surface area contributed by atoms with E-state index >= 15 is 0 Å². The van der Waals surface area contributed by atoms with E-state index in [1.807, 2.05) is 0 Å². The molecule has 0 amide bonds. The van der Waals surface area contributed by atoms with Crippen molar-refractivity contribution < 1.29 is 14.3 Å². The van der Waals surface area contributed by atoms with E-state index < -0.39 is 22.8 Å². The summed E-state index contributed by atoms with van der Waals surface area (Å²) in [5.74, 6) is 6.87. The van der Waals surface area contributed by atoms with Crippen molar-refractivity contribution >= 4 is 23.3 Å². The van der Waals surface area contributed by atoms with Crippen molar-refractivity contribution in [2.24, 2.45) is 16.3 Å². The predicted molar refractivity (Wildman–Crippen MR) is 144 cm³/mol. The molecule has 0 unspecified atom stereocenters. The summed E-state index contributed by atoms with van der Waals surface area (Å²) in [4.78, 5) is 44.1. The van der Waals surface area contributed by atoms with Crippen LogP contribution in [0.4, 0.5) is 5.69 Å². The lowest BCUT2D eigenvalue weighted by atomic mass is 10.1. The number of hydrogen-bond acceptors (Lipinski definition) is 7. The SMILES string of the molecule is CCOC(=O)C1(Cn2c(=O)n(N)/c(=N\c3ccc(OCC(C)C)cc3)n(Cc3ccc(Cl)cc3)c2=O)CC1. The molecule has 1 aliphatic carbocycles. The molecule has 38 heavy (non-hydrogen) atoms.